The third kappa shape index (κ3) is 3.69. The summed E-state index contributed by atoms with van der Waals surface area (Å²) in [4.78, 5) is 0. The first-order chi connectivity index (χ1) is 12.4. The SMILES string of the molecule is c1ccc(-c2ccccc2[Te]c2ccccc2-c2ccccc2)cc1. The van der Waals surface area contributed by atoms with Gasteiger partial charge < -0.3 is 0 Å². The number of benzene rings is 4. The molecule has 0 bridgehead atoms. The van der Waals surface area contributed by atoms with Gasteiger partial charge >= 0.3 is 160 Å². The van der Waals surface area contributed by atoms with Gasteiger partial charge in [0.2, 0.25) is 0 Å². The predicted octanol–water partition coefficient (Wildman–Crippen LogP) is 4.68. The molecule has 0 amide bonds. The zero-order valence-corrected chi connectivity index (χ0v) is 16.1. The molecule has 4 aromatic carbocycles. The Kier molecular flexibility index (Phi) is 4.98. The Morgan fingerprint density at radius 2 is 0.720 bits per heavy atom. The van der Waals surface area contributed by atoms with E-state index in [0.29, 0.717) is 0 Å². The van der Waals surface area contributed by atoms with Gasteiger partial charge in [0.15, 0.2) is 0 Å². The Balaban J connectivity index is 1.76. The molecule has 0 unspecified atom stereocenters. The van der Waals surface area contributed by atoms with Crippen LogP contribution in [0.1, 0.15) is 0 Å². The Labute approximate surface area is 159 Å². The predicted molar refractivity (Wildman–Crippen MR) is 109 cm³/mol. The van der Waals surface area contributed by atoms with E-state index in [2.05, 4.69) is 109 Å². The van der Waals surface area contributed by atoms with E-state index in [1.807, 2.05) is 0 Å². The monoisotopic (exact) mass is 436 g/mol. The molecule has 0 aliphatic heterocycles. The summed E-state index contributed by atoms with van der Waals surface area (Å²) in [6, 6.07) is 39.1. The van der Waals surface area contributed by atoms with Crippen LogP contribution in [-0.2, 0) is 0 Å². The first kappa shape index (κ1) is 16.2. The molecule has 25 heavy (non-hydrogen) atoms. The van der Waals surface area contributed by atoms with Crippen molar-refractivity contribution < 1.29 is 0 Å². The Bertz CT molecular complexity index is 878. The van der Waals surface area contributed by atoms with E-state index < -0.39 is 20.9 Å². The molecule has 0 aliphatic rings. The average Bonchev–Trinajstić information content (AvgIpc) is 2.70. The molecule has 0 atom stereocenters. The van der Waals surface area contributed by atoms with Crippen LogP contribution in [0.4, 0.5) is 0 Å². The molecule has 0 heterocycles. The van der Waals surface area contributed by atoms with Crippen molar-refractivity contribution in [3.05, 3.63) is 109 Å². The van der Waals surface area contributed by atoms with Crippen molar-refractivity contribution in [2.45, 2.75) is 0 Å². The van der Waals surface area contributed by atoms with Gasteiger partial charge in [-0.25, -0.2) is 0 Å². The summed E-state index contributed by atoms with van der Waals surface area (Å²) < 4.78 is 2.98. The molecule has 120 valence electrons. The van der Waals surface area contributed by atoms with E-state index in [1.165, 1.54) is 29.5 Å². The van der Waals surface area contributed by atoms with Gasteiger partial charge in [-0.1, -0.05) is 0 Å². The minimum absolute atomic E-state index is 0.483. The van der Waals surface area contributed by atoms with Gasteiger partial charge in [0, 0.05) is 0 Å². The minimum atomic E-state index is -0.483. The van der Waals surface area contributed by atoms with Gasteiger partial charge in [-0.15, -0.1) is 0 Å². The second kappa shape index (κ2) is 7.70. The van der Waals surface area contributed by atoms with Gasteiger partial charge in [0.05, 0.1) is 0 Å². The summed E-state index contributed by atoms with van der Waals surface area (Å²) >= 11 is -0.483. The fourth-order valence-corrected chi connectivity index (χ4v) is 6.14. The summed E-state index contributed by atoms with van der Waals surface area (Å²) in [7, 11) is 0. The fourth-order valence-electron chi connectivity index (χ4n) is 2.94. The van der Waals surface area contributed by atoms with Gasteiger partial charge in [0.25, 0.3) is 0 Å². The van der Waals surface area contributed by atoms with E-state index in [-0.39, 0.29) is 0 Å². The third-order valence-corrected chi connectivity index (χ3v) is 7.45. The molecule has 0 spiro atoms. The van der Waals surface area contributed by atoms with E-state index in [0.717, 1.165) is 0 Å². The van der Waals surface area contributed by atoms with Crippen molar-refractivity contribution >= 4 is 28.1 Å². The molecule has 0 fully saturated rings. The normalized spacial score (nSPS) is 10.6. The Morgan fingerprint density at radius 3 is 1.16 bits per heavy atom. The maximum absolute atomic E-state index is 2.30. The van der Waals surface area contributed by atoms with Crippen molar-refractivity contribution in [2.24, 2.45) is 0 Å². The first-order valence-corrected chi connectivity index (χ1v) is 10.7. The van der Waals surface area contributed by atoms with E-state index in [4.69, 9.17) is 0 Å². The molecule has 4 rings (SSSR count). The number of hydrogen-bond acceptors (Lipinski definition) is 0. The van der Waals surface area contributed by atoms with Crippen molar-refractivity contribution in [3.63, 3.8) is 0 Å². The van der Waals surface area contributed by atoms with Gasteiger partial charge in [0.1, 0.15) is 0 Å². The van der Waals surface area contributed by atoms with Gasteiger partial charge in [-0.3, -0.25) is 0 Å². The Hall–Kier alpha value is -2.33. The summed E-state index contributed by atoms with van der Waals surface area (Å²) in [5.74, 6) is 0. The van der Waals surface area contributed by atoms with Crippen molar-refractivity contribution in [1.29, 1.82) is 0 Å². The first-order valence-electron chi connectivity index (χ1n) is 8.38. The molecular formula is C24H18Te. The second-order valence-corrected chi connectivity index (χ2v) is 8.92. The van der Waals surface area contributed by atoms with Gasteiger partial charge in [-0.05, 0) is 0 Å². The van der Waals surface area contributed by atoms with Crippen molar-refractivity contribution in [1.82, 2.24) is 0 Å². The summed E-state index contributed by atoms with van der Waals surface area (Å²) in [6.45, 7) is 0. The van der Waals surface area contributed by atoms with Crippen LogP contribution in [0.5, 0.6) is 0 Å². The average molecular weight is 434 g/mol. The molecule has 1 heteroatoms. The molecule has 0 aromatic heterocycles. The van der Waals surface area contributed by atoms with Gasteiger partial charge in [-0.2, -0.15) is 0 Å². The van der Waals surface area contributed by atoms with Crippen LogP contribution in [0.15, 0.2) is 109 Å². The van der Waals surface area contributed by atoms with Crippen LogP contribution in [0.3, 0.4) is 0 Å². The fraction of sp³-hybridized carbons (Fsp3) is 0. The van der Waals surface area contributed by atoms with Crippen LogP contribution in [0.2, 0.25) is 0 Å². The second-order valence-electron chi connectivity index (χ2n) is 5.83. The van der Waals surface area contributed by atoms with Crippen molar-refractivity contribution in [3.8, 4) is 22.3 Å². The van der Waals surface area contributed by atoms with Crippen molar-refractivity contribution in [2.75, 3.05) is 0 Å². The van der Waals surface area contributed by atoms with E-state index in [9.17, 15) is 0 Å². The van der Waals surface area contributed by atoms with Crippen LogP contribution >= 0.6 is 0 Å². The van der Waals surface area contributed by atoms with Crippen LogP contribution in [-0.4, -0.2) is 20.9 Å². The summed E-state index contributed by atoms with van der Waals surface area (Å²) in [5.41, 5.74) is 5.35. The quantitative estimate of drug-likeness (QED) is 0.410. The summed E-state index contributed by atoms with van der Waals surface area (Å²) in [6.07, 6.45) is 0. The van der Waals surface area contributed by atoms with E-state index in [1.54, 1.807) is 0 Å². The molecule has 0 nitrogen and oxygen atoms in total. The Morgan fingerprint density at radius 1 is 0.360 bits per heavy atom. The van der Waals surface area contributed by atoms with Crippen LogP contribution < -0.4 is 7.22 Å². The zero-order valence-electron chi connectivity index (χ0n) is 13.8. The molecule has 0 radical (unpaired) electrons. The van der Waals surface area contributed by atoms with E-state index >= 15 is 0 Å². The van der Waals surface area contributed by atoms with Crippen LogP contribution in [0, 0.1) is 0 Å². The molecule has 0 saturated heterocycles. The molecule has 0 saturated carbocycles. The molecule has 4 aromatic rings. The molecule has 0 aliphatic carbocycles. The van der Waals surface area contributed by atoms with Crippen LogP contribution in [0.25, 0.3) is 22.3 Å². The maximum atomic E-state index is 2.30. The number of rotatable bonds is 4. The standard InChI is InChI=1S/C24H18Te/c1-3-11-19(12-4-1)21-15-7-9-17-23(21)25-24-18-10-8-16-22(24)20-13-5-2-6-14-20/h1-18H. The molecular weight excluding hydrogens is 416 g/mol. The zero-order chi connectivity index (χ0) is 16.9. The summed E-state index contributed by atoms with van der Waals surface area (Å²) in [5, 5.41) is 0. The third-order valence-electron chi connectivity index (χ3n) is 4.16. The number of hydrogen-bond donors (Lipinski definition) is 0. The topological polar surface area (TPSA) is 0 Å². The molecule has 0 N–H and O–H groups in total.